The Morgan fingerprint density at radius 3 is 2.54 bits per heavy atom. The van der Waals surface area contributed by atoms with E-state index in [-0.39, 0.29) is 5.91 Å². The summed E-state index contributed by atoms with van der Waals surface area (Å²) in [4.78, 5) is 12.3. The summed E-state index contributed by atoms with van der Waals surface area (Å²) >= 11 is 0. The molecule has 0 heterocycles. The van der Waals surface area contributed by atoms with Crippen molar-refractivity contribution in [2.24, 2.45) is 0 Å². The molecule has 140 valence electrons. The van der Waals surface area contributed by atoms with Gasteiger partial charge in [-0.05, 0) is 49.2 Å². The number of carbonyl (C=O) groups is 1. The minimum atomic E-state index is -3.38. The zero-order chi connectivity index (χ0) is 19.3. The van der Waals surface area contributed by atoms with Crippen LogP contribution in [-0.4, -0.2) is 40.8 Å². The second-order valence-electron chi connectivity index (χ2n) is 6.08. The van der Waals surface area contributed by atoms with Gasteiger partial charge in [-0.15, -0.1) is 0 Å². The van der Waals surface area contributed by atoms with Crippen LogP contribution in [0.15, 0.2) is 42.5 Å². The van der Waals surface area contributed by atoms with Gasteiger partial charge in [0.05, 0.1) is 18.5 Å². The normalized spacial score (nSPS) is 11.1. The minimum absolute atomic E-state index is 0.279. The van der Waals surface area contributed by atoms with E-state index in [1.807, 2.05) is 32.0 Å². The molecule has 2 rings (SSSR count). The lowest BCUT2D eigenvalue weighted by molar-refractivity contribution is 0.0947. The van der Waals surface area contributed by atoms with E-state index in [4.69, 9.17) is 4.74 Å². The largest absolute Gasteiger partial charge is 0.491 e. The average Bonchev–Trinajstić information content (AvgIpc) is 2.60. The molecule has 0 aliphatic heterocycles. The lowest BCUT2D eigenvalue weighted by atomic mass is 10.1. The third kappa shape index (κ3) is 4.98. The molecule has 0 bridgehead atoms. The second kappa shape index (κ2) is 8.23. The van der Waals surface area contributed by atoms with Crippen molar-refractivity contribution in [2.45, 2.75) is 13.8 Å². The van der Waals surface area contributed by atoms with E-state index in [0.717, 1.165) is 27.4 Å². The molecule has 1 amide bonds. The third-order valence-corrected chi connectivity index (χ3v) is 5.38. The number of benzene rings is 2. The Balaban J connectivity index is 1.93. The number of sulfonamides is 1. The van der Waals surface area contributed by atoms with Crippen molar-refractivity contribution in [3.63, 3.8) is 0 Å². The zero-order valence-electron chi connectivity index (χ0n) is 15.4. The Bertz CT molecular complexity index is 894. The van der Waals surface area contributed by atoms with Gasteiger partial charge in [0.25, 0.3) is 5.91 Å². The van der Waals surface area contributed by atoms with E-state index < -0.39 is 10.0 Å². The number of aryl methyl sites for hydroxylation is 1. The number of nitrogens with zero attached hydrogens (tertiary/aromatic N) is 1. The molecule has 6 nitrogen and oxygen atoms in total. The van der Waals surface area contributed by atoms with Crippen LogP contribution in [0.2, 0.25) is 0 Å². The highest BCUT2D eigenvalue weighted by Gasteiger charge is 2.14. The Hall–Kier alpha value is -2.54. The fraction of sp³-hybridized carbons (Fsp3) is 0.316. The van der Waals surface area contributed by atoms with Gasteiger partial charge in [-0.2, -0.15) is 0 Å². The second-order valence-corrected chi connectivity index (χ2v) is 8.10. The maximum atomic E-state index is 12.3. The lowest BCUT2D eigenvalue weighted by Gasteiger charge is -2.17. The average molecular weight is 376 g/mol. The van der Waals surface area contributed by atoms with Crippen molar-refractivity contribution in [1.29, 1.82) is 0 Å². The van der Waals surface area contributed by atoms with Crippen molar-refractivity contribution < 1.29 is 17.9 Å². The molecule has 0 saturated carbocycles. The molecule has 0 fully saturated rings. The van der Waals surface area contributed by atoms with Gasteiger partial charge in [0.1, 0.15) is 12.4 Å². The predicted molar refractivity (Wildman–Crippen MR) is 103 cm³/mol. The molecule has 0 unspecified atom stereocenters. The molecule has 2 aromatic rings. The van der Waals surface area contributed by atoms with Crippen molar-refractivity contribution in [1.82, 2.24) is 5.32 Å². The topological polar surface area (TPSA) is 75.7 Å². The molecule has 7 heteroatoms. The Morgan fingerprint density at radius 2 is 1.85 bits per heavy atom. The molecule has 0 atom stereocenters. The number of rotatable bonds is 7. The van der Waals surface area contributed by atoms with Crippen LogP contribution in [0.5, 0.6) is 5.75 Å². The van der Waals surface area contributed by atoms with Gasteiger partial charge < -0.3 is 10.1 Å². The van der Waals surface area contributed by atoms with Crippen LogP contribution in [0.1, 0.15) is 21.5 Å². The van der Waals surface area contributed by atoms with Gasteiger partial charge in [0.15, 0.2) is 0 Å². The maximum absolute atomic E-state index is 12.3. The lowest BCUT2D eigenvalue weighted by Crippen LogP contribution is -2.29. The summed E-state index contributed by atoms with van der Waals surface area (Å²) in [6.45, 7) is 4.70. The van der Waals surface area contributed by atoms with E-state index in [0.29, 0.717) is 24.4 Å². The number of hydrogen-bond donors (Lipinski definition) is 1. The van der Waals surface area contributed by atoms with Crippen molar-refractivity contribution in [2.75, 3.05) is 30.8 Å². The predicted octanol–water partition coefficient (Wildman–Crippen LogP) is 2.51. The number of carbonyl (C=O) groups excluding carboxylic acids is 1. The van der Waals surface area contributed by atoms with Gasteiger partial charge in [-0.3, -0.25) is 9.10 Å². The molecule has 0 saturated heterocycles. The summed E-state index contributed by atoms with van der Waals surface area (Å²) < 4.78 is 30.1. The molecule has 0 spiro atoms. The van der Waals surface area contributed by atoms with Crippen LogP contribution in [0.4, 0.5) is 5.69 Å². The van der Waals surface area contributed by atoms with Crippen molar-refractivity contribution >= 4 is 21.6 Å². The number of amides is 1. The van der Waals surface area contributed by atoms with Crippen LogP contribution in [-0.2, 0) is 10.0 Å². The molecule has 0 aliphatic carbocycles. The molecule has 26 heavy (non-hydrogen) atoms. The first kappa shape index (κ1) is 19.8. The summed E-state index contributed by atoms with van der Waals surface area (Å²) in [5, 5.41) is 2.78. The highest BCUT2D eigenvalue weighted by molar-refractivity contribution is 7.92. The Kier molecular flexibility index (Phi) is 6.26. The number of anilines is 1. The summed E-state index contributed by atoms with van der Waals surface area (Å²) in [5.41, 5.74) is 3.06. The van der Waals surface area contributed by atoms with E-state index in [1.165, 1.54) is 7.05 Å². The number of ether oxygens (including phenoxy) is 1. The minimum Gasteiger partial charge on any atom is -0.491 e. The van der Waals surface area contributed by atoms with Gasteiger partial charge in [0.2, 0.25) is 10.0 Å². The molecular weight excluding hydrogens is 352 g/mol. The van der Waals surface area contributed by atoms with Crippen molar-refractivity contribution in [3.05, 3.63) is 59.2 Å². The number of nitrogens with one attached hydrogen (secondary N) is 1. The van der Waals surface area contributed by atoms with E-state index in [2.05, 4.69) is 5.32 Å². The Morgan fingerprint density at radius 1 is 1.15 bits per heavy atom. The summed E-state index contributed by atoms with van der Waals surface area (Å²) in [7, 11) is -1.93. The van der Waals surface area contributed by atoms with Gasteiger partial charge in [0, 0.05) is 12.6 Å². The first-order valence-electron chi connectivity index (χ1n) is 8.21. The van der Waals surface area contributed by atoms with Crippen LogP contribution >= 0.6 is 0 Å². The smallest absolute Gasteiger partial charge is 0.251 e. The summed E-state index contributed by atoms with van der Waals surface area (Å²) in [6.07, 6.45) is 1.12. The van der Waals surface area contributed by atoms with Gasteiger partial charge >= 0.3 is 0 Å². The van der Waals surface area contributed by atoms with Crippen LogP contribution < -0.4 is 14.4 Å². The molecule has 1 N–H and O–H groups in total. The first-order chi connectivity index (χ1) is 12.2. The summed E-state index contributed by atoms with van der Waals surface area (Å²) in [6, 6.07) is 12.3. The molecular formula is C19H24N2O4S. The first-order valence-corrected chi connectivity index (χ1v) is 10.1. The monoisotopic (exact) mass is 376 g/mol. The summed E-state index contributed by atoms with van der Waals surface area (Å²) in [5.74, 6) is 0.523. The highest BCUT2D eigenvalue weighted by Crippen LogP contribution is 2.20. The SMILES string of the molecule is Cc1cccc(OCCNC(=O)c2cccc(N(C)S(C)(=O)=O)c2)c1C. The highest BCUT2D eigenvalue weighted by atomic mass is 32.2. The molecule has 0 aromatic heterocycles. The standard InChI is InChI=1S/C19H24N2O4S/c1-14-7-5-10-18(15(14)2)25-12-11-20-19(22)16-8-6-9-17(13-16)21(3)26(4,23)24/h5-10,13H,11-12H2,1-4H3,(H,20,22). The van der Waals surface area contributed by atoms with Gasteiger partial charge in [-0.1, -0.05) is 18.2 Å². The van der Waals surface area contributed by atoms with E-state index in [9.17, 15) is 13.2 Å². The van der Waals surface area contributed by atoms with Crippen LogP contribution in [0, 0.1) is 13.8 Å². The van der Waals surface area contributed by atoms with Gasteiger partial charge in [-0.25, -0.2) is 8.42 Å². The van der Waals surface area contributed by atoms with Crippen LogP contribution in [0.25, 0.3) is 0 Å². The quantitative estimate of drug-likeness (QED) is 0.754. The fourth-order valence-corrected chi connectivity index (χ4v) is 2.84. The van der Waals surface area contributed by atoms with Crippen LogP contribution in [0.3, 0.4) is 0 Å². The maximum Gasteiger partial charge on any atom is 0.251 e. The fourth-order valence-electron chi connectivity index (χ4n) is 2.34. The molecule has 0 aliphatic rings. The van der Waals surface area contributed by atoms with Crippen molar-refractivity contribution in [3.8, 4) is 5.75 Å². The third-order valence-electron chi connectivity index (χ3n) is 4.17. The van der Waals surface area contributed by atoms with E-state index in [1.54, 1.807) is 24.3 Å². The Labute approximate surface area is 154 Å². The number of hydrogen-bond acceptors (Lipinski definition) is 4. The zero-order valence-corrected chi connectivity index (χ0v) is 16.3. The van der Waals surface area contributed by atoms with E-state index >= 15 is 0 Å². The molecule has 0 radical (unpaired) electrons. The molecule has 2 aromatic carbocycles.